The van der Waals surface area contributed by atoms with E-state index in [1.165, 1.54) is 43.7 Å². The summed E-state index contributed by atoms with van der Waals surface area (Å²) in [4.78, 5) is 0. The Morgan fingerprint density at radius 3 is 2.15 bits per heavy atom. The first-order valence-electron chi connectivity index (χ1n) is 9.25. The molecule has 0 spiro atoms. The predicted molar refractivity (Wildman–Crippen MR) is 110 cm³/mol. The Morgan fingerprint density at radius 2 is 1.35 bits per heavy atom. The van der Waals surface area contributed by atoms with E-state index in [1.54, 1.807) is 0 Å². The van der Waals surface area contributed by atoms with Crippen molar-refractivity contribution in [1.82, 2.24) is 4.57 Å². The summed E-state index contributed by atoms with van der Waals surface area (Å²) in [6.45, 7) is 0. The van der Waals surface area contributed by atoms with Gasteiger partial charge < -0.3 is 4.57 Å². The van der Waals surface area contributed by atoms with Gasteiger partial charge in [-0.05, 0) is 41.2 Å². The minimum absolute atomic E-state index is 1.10. The Labute approximate surface area is 153 Å². The molecule has 1 heterocycles. The van der Waals surface area contributed by atoms with Crippen LogP contribution in [0.15, 0.2) is 78.9 Å². The maximum absolute atomic E-state index is 2.40. The third kappa shape index (κ3) is 2.32. The third-order valence-electron chi connectivity index (χ3n) is 5.52. The number of aromatic nitrogens is 1. The topological polar surface area (TPSA) is 4.93 Å². The molecule has 0 radical (unpaired) electrons. The molecular formula is C25H21N. The van der Waals surface area contributed by atoms with Crippen molar-refractivity contribution in [3.05, 3.63) is 95.0 Å². The molecule has 1 aliphatic carbocycles. The monoisotopic (exact) mass is 335 g/mol. The standard InChI is InChI=1S/C25H21N/c1-26-24-13-6-5-10-22(24)23-12-7-11-21(25(23)26)20-16-14-19(15-17-20)18-8-3-2-4-9-18/h2-6,8-10,12-17H,7,11H2,1H3. The van der Waals surface area contributed by atoms with Crippen LogP contribution in [-0.4, -0.2) is 4.57 Å². The number of nitrogens with zero attached hydrogens (tertiary/aromatic N) is 1. The Kier molecular flexibility index (Phi) is 3.53. The first-order valence-corrected chi connectivity index (χ1v) is 9.25. The second-order valence-corrected chi connectivity index (χ2v) is 7.00. The van der Waals surface area contributed by atoms with E-state index in [0.717, 1.165) is 12.8 Å². The molecule has 26 heavy (non-hydrogen) atoms. The van der Waals surface area contributed by atoms with E-state index < -0.39 is 0 Å². The fourth-order valence-electron chi connectivity index (χ4n) is 4.25. The summed E-state index contributed by atoms with van der Waals surface area (Å²) in [7, 11) is 2.19. The van der Waals surface area contributed by atoms with Gasteiger partial charge in [0.1, 0.15) is 0 Å². The molecule has 0 amide bonds. The molecule has 0 saturated heterocycles. The molecule has 5 rings (SSSR count). The van der Waals surface area contributed by atoms with Crippen molar-refractivity contribution >= 4 is 22.6 Å². The second kappa shape index (κ2) is 6.03. The number of aryl methyl sites for hydroxylation is 1. The maximum Gasteiger partial charge on any atom is 0.0524 e. The van der Waals surface area contributed by atoms with E-state index in [0.29, 0.717) is 0 Å². The van der Waals surface area contributed by atoms with Crippen LogP contribution in [0.4, 0.5) is 0 Å². The molecule has 0 bridgehead atoms. The molecule has 1 aliphatic rings. The van der Waals surface area contributed by atoms with Gasteiger partial charge in [-0.15, -0.1) is 0 Å². The molecule has 1 heteroatoms. The van der Waals surface area contributed by atoms with Crippen LogP contribution in [0.3, 0.4) is 0 Å². The van der Waals surface area contributed by atoms with Gasteiger partial charge in [0.2, 0.25) is 0 Å². The minimum atomic E-state index is 1.10. The lowest BCUT2D eigenvalue weighted by atomic mass is 9.94. The number of hydrogen-bond acceptors (Lipinski definition) is 0. The van der Waals surface area contributed by atoms with Gasteiger partial charge in [-0.3, -0.25) is 0 Å². The van der Waals surface area contributed by atoms with Gasteiger partial charge in [-0.25, -0.2) is 0 Å². The molecule has 0 fully saturated rings. The molecule has 0 saturated carbocycles. The average Bonchev–Trinajstić information content (AvgIpc) is 3.02. The zero-order valence-corrected chi connectivity index (χ0v) is 14.9. The van der Waals surface area contributed by atoms with Crippen molar-refractivity contribution in [2.75, 3.05) is 0 Å². The Morgan fingerprint density at radius 1 is 0.692 bits per heavy atom. The molecule has 0 N–H and O–H groups in total. The Balaban J connectivity index is 1.72. The van der Waals surface area contributed by atoms with Gasteiger partial charge in [0.15, 0.2) is 0 Å². The first kappa shape index (κ1) is 15.2. The van der Waals surface area contributed by atoms with Crippen LogP contribution >= 0.6 is 0 Å². The van der Waals surface area contributed by atoms with Crippen molar-refractivity contribution in [1.29, 1.82) is 0 Å². The van der Waals surface area contributed by atoms with Gasteiger partial charge >= 0.3 is 0 Å². The lowest BCUT2D eigenvalue weighted by Crippen LogP contribution is -2.33. The van der Waals surface area contributed by atoms with Crippen molar-refractivity contribution in [2.45, 2.75) is 12.8 Å². The summed E-state index contributed by atoms with van der Waals surface area (Å²) in [5, 5.41) is 4.14. The molecule has 1 aromatic heterocycles. The first-order chi connectivity index (χ1) is 12.8. The lowest BCUT2D eigenvalue weighted by Gasteiger charge is -2.12. The Bertz CT molecular complexity index is 1210. The van der Waals surface area contributed by atoms with Gasteiger partial charge in [0.25, 0.3) is 0 Å². The second-order valence-electron chi connectivity index (χ2n) is 7.00. The van der Waals surface area contributed by atoms with Crippen LogP contribution in [-0.2, 0) is 7.05 Å². The molecule has 0 atom stereocenters. The largest absolute Gasteiger partial charge is 0.343 e. The summed E-state index contributed by atoms with van der Waals surface area (Å²) < 4.78 is 2.36. The minimum Gasteiger partial charge on any atom is -0.343 e. The summed E-state index contributed by atoms with van der Waals surface area (Å²) in [5.74, 6) is 0. The molecule has 3 aromatic carbocycles. The highest BCUT2D eigenvalue weighted by Crippen LogP contribution is 2.24. The van der Waals surface area contributed by atoms with Crippen molar-refractivity contribution in [3.8, 4) is 11.1 Å². The van der Waals surface area contributed by atoms with Gasteiger partial charge in [-0.2, -0.15) is 0 Å². The van der Waals surface area contributed by atoms with Crippen molar-refractivity contribution < 1.29 is 0 Å². The van der Waals surface area contributed by atoms with Crippen LogP contribution in [0, 0.1) is 0 Å². The van der Waals surface area contributed by atoms with E-state index in [9.17, 15) is 0 Å². The van der Waals surface area contributed by atoms with Crippen molar-refractivity contribution in [3.63, 3.8) is 0 Å². The number of fused-ring (bicyclic) bond motifs is 3. The normalized spacial score (nSPS) is 13.5. The molecule has 126 valence electrons. The smallest absolute Gasteiger partial charge is 0.0524 e. The highest BCUT2D eigenvalue weighted by Gasteiger charge is 2.13. The average molecular weight is 335 g/mol. The highest BCUT2D eigenvalue weighted by molar-refractivity contribution is 5.84. The summed E-state index contributed by atoms with van der Waals surface area (Å²) in [5.41, 5.74) is 6.65. The zero-order valence-electron chi connectivity index (χ0n) is 14.9. The molecule has 4 aromatic rings. The lowest BCUT2D eigenvalue weighted by molar-refractivity contribution is 0.899. The number of para-hydroxylation sites is 1. The zero-order chi connectivity index (χ0) is 17.5. The number of hydrogen-bond donors (Lipinski definition) is 0. The van der Waals surface area contributed by atoms with E-state index in [1.807, 2.05) is 0 Å². The number of benzene rings is 3. The van der Waals surface area contributed by atoms with Gasteiger partial charge in [0.05, 0.1) is 5.35 Å². The van der Waals surface area contributed by atoms with E-state index >= 15 is 0 Å². The van der Waals surface area contributed by atoms with E-state index in [4.69, 9.17) is 0 Å². The van der Waals surface area contributed by atoms with E-state index in [2.05, 4.69) is 96.6 Å². The van der Waals surface area contributed by atoms with Crippen LogP contribution in [0.1, 0.15) is 18.4 Å². The third-order valence-corrected chi connectivity index (χ3v) is 5.52. The molecule has 0 unspecified atom stereocenters. The molecule has 0 aliphatic heterocycles. The maximum atomic E-state index is 2.40. The summed E-state index contributed by atoms with van der Waals surface area (Å²) >= 11 is 0. The molecule has 1 nitrogen and oxygen atoms in total. The number of rotatable bonds is 2. The predicted octanol–water partition coefficient (Wildman–Crippen LogP) is 4.62. The molecular weight excluding hydrogens is 314 g/mol. The summed E-state index contributed by atoms with van der Waals surface area (Å²) in [6, 6.07) is 28.4. The van der Waals surface area contributed by atoms with Gasteiger partial charge in [0, 0.05) is 23.2 Å². The van der Waals surface area contributed by atoms with Crippen LogP contribution in [0.25, 0.3) is 33.7 Å². The SMILES string of the molecule is Cn1c2c(c3ccccc31)=CCCC=2c1ccc(-c2ccccc2)cc1. The van der Waals surface area contributed by atoms with Crippen LogP contribution in [0.2, 0.25) is 0 Å². The fourth-order valence-corrected chi connectivity index (χ4v) is 4.25. The van der Waals surface area contributed by atoms with Gasteiger partial charge in [-0.1, -0.05) is 78.9 Å². The fraction of sp³-hybridized carbons (Fsp3) is 0.120. The van der Waals surface area contributed by atoms with Crippen LogP contribution in [0.5, 0.6) is 0 Å². The van der Waals surface area contributed by atoms with E-state index in [-0.39, 0.29) is 0 Å². The summed E-state index contributed by atoms with van der Waals surface area (Å²) in [6.07, 6.45) is 4.61. The van der Waals surface area contributed by atoms with Crippen LogP contribution < -0.4 is 10.6 Å². The Hall–Kier alpha value is -3.06. The van der Waals surface area contributed by atoms with Crippen molar-refractivity contribution in [2.24, 2.45) is 7.05 Å². The quantitative estimate of drug-likeness (QED) is 0.504. The highest BCUT2D eigenvalue weighted by atomic mass is 14.9.